The standard InChI is InChI=1S/C15H11BrO2/c16-14-4-2-1-3-13(14)15(18)10-7-11-5-8-12(17)9-6-11/h1-10,17H. The van der Waals surface area contributed by atoms with Crippen molar-refractivity contribution in [3.8, 4) is 5.75 Å². The molecule has 0 radical (unpaired) electrons. The molecule has 2 aromatic rings. The Labute approximate surface area is 114 Å². The number of phenolic OH excluding ortho intramolecular Hbond substituents is 1. The summed E-state index contributed by atoms with van der Waals surface area (Å²) in [6.45, 7) is 0. The zero-order valence-corrected chi connectivity index (χ0v) is 11.1. The molecular formula is C15H11BrO2. The molecule has 0 amide bonds. The van der Waals surface area contributed by atoms with Gasteiger partial charge in [0, 0.05) is 10.0 Å². The zero-order chi connectivity index (χ0) is 13.0. The van der Waals surface area contributed by atoms with E-state index in [0.717, 1.165) is 10.0 Å². The lowest BCUT2D eigenvalue weighted by Gasteiger charge is -1.99. The van der Waals surface area contributed by atoms with E-state index in [2.05, 4.69) is 15.9 Å². The molecule has 0 bridgehead atoms. The minimum atomic E-state index is -0.0597. The van der Waals surface area contributed by atoms with Crippen LogP contribution in [0.4, 0.5) is 0 Å². The van der Waals surface area contributed by atoms with Crippen molar-refractivity contribution < 1.29 is 9.90 Å². The van der Waals surface area contributed by atoms with Crippen LogP contribution >= 0.6 is 15.9 Å². The van der Waals surface area contributed by atoms with Crippen molar-refractivity contribution in [2.75, 3.05) is 0 Å². The summed E-state index contributed by atoms with van der Waals surface area (Å²) in [6, 6.07) is 14.0. The van der Waals surface area contributed by atoms with Crippen molar-refractivity contribution in [1.29, 1.82) is 0 Å². The van der Waals surface area contributed by atoms with E-state index in [1.165, 1.54) is 6.08 Å². The number of hydrogen-bond acceptors (Lipinski definition) is 2. The number of allylic oxidation sites excluding steroid dienone is 1. The van der Waals surface area contributed by atoms with Crippen LogP contribution in [0.5, 0.6) is 5.75 Å². The van der Waals surface area contributed by atoms with Gasteiger partial charge in [-0.15, -0.1) is 0 Å². The monoisotopic (exact) mass is 302 g/mol. The molecule has 18 heavy (non-hydrogen) atoms. The molecule has 1 N–H and O–H groups in total. The SMILES string of the molecule is O=C(C=Cc1ccc(O)cc1)c1ccccc1Br. The second-order valence-corrected chi connectivity index (χ2v) is 4.62. The molecule has 0 atom stereocenters. The minimum absolute atomic E-state index is 0.0597. The fraction of sp³-hybridized carbons (Fsp3) is 0. The van der Waals surface area contributed by atoms with Crippen molar-refractivity contribution in [3.05, 3.63) is 70.2 Å². The second kappa shape index (κ2) is 5.65. The van der Waals surface area contributed by atoms with Gasteiger partial charge in [-0.1, -0.05) is 46.3 Å². The van der Waals surface area contributed by atoms with Gasteiger partial charge in [0.25, 0.3) is 0 Å². The Morgan fingerprint density at radius 1 is 1.06 bits per heavy atom. The van der Waals surface area contributed by atoms with Crippen LogP contribution in [-0.2, 0) is 0 Å². The van der Waals surface area contributed by atoms with E-state index in [9.17, 15) is 4.79 Å². The summed E-state index contributed by atoms with van der Waals surface area (Å²) < 4.78 is 0.783. The highest BCUT2D eigenvalue weighted by atomic mass is 79.9. The maximum Gasteiger partial charge on any atom is 0.186 e. The normalized spacial score (nSPS) is 10.7. The molecule has 0 unspecified atom stereocenters. The number of ketones is 1. The highest BCUT2D eigenvalue weighted by Crippen LogP contribution is 2.17. The molecule has 0 saturated heterocycles. The van der Waals surface area contributed by atoms with E-state index in [-0.39, 0.29) is 11.5 Å². The molecule has 2 aromatic carbocycles. The first kappa shape index (κ1) is 12.6. The van der Waals surface area contributed by atoms with Crippen LogP contribution in [0.1, 0.15) is 15.9 Å². The number of benzene rings is 2. The highest BCUT2D eigenvalue weighted by Gasteiger charge is 2.05. The lowest BCUT2D eigenvalue weighted by Crippen LogP contribution is -1.94. The molecule has 0 spiro atoms. The van der Waals surface area contributed by atoms with Gasteiger partial charge in [-0.05, 0) is 35.9 Å². The van der Waals surface area contributed by atoms with Crippen molar-refractivity contribution in [1.82, 2.24) is 0 Å². The molecule has 0 aromatic heterocycles. The average molecular weight is 303 g/mol. The molecule has 2 nitrogen and oxygen atoms in total. The number of carbonyl (C=O) groups excluding carboxylic acids is 1. The highest BCUT2D eigenvalue weighted by molar-refractivity contribution is 9.10. The van der Waals surface area contributed by atoms with E-state index >= 15 is 0 Å². The summed E-state index contributed by atoms with van der Waals surface area (Å²) in [6.07, 6.45) is 3.24. The Kier molecular flexibility index (Phi) is 3.95. The second-order valence-electron chi connectivity index (χ2n) is 3.77. The number of halogens is 1. The van der Waals surface area contributed by atoms with Gasteiger partial charge < -0.3 is 5.11 Å². The van der Waals surface area contributed by atoms with Gasteiger partial charge in [0.05, 0.1) is 0 Å². The third-order valence-electron chi connectivity index (χ3n) is 2.46. The number of hydrogen-bond donors (Lipinski definition) is 1. The fourth-order valence-corrected chi connectivity index (χ4v) is 1.99. The summed E-state index contributed by atoms with van der Waals surface area (Å²) in [4.78, 5) is 11.9. The number of phenols is 1. The van der Waals surface area contributed by atoms with Crippen molar-refractivity contribution in [3.63, 3.8) is 0 Å². The summed E-state index contributed by atoms with van der Waals surface area (Å²) in [7, 11) is 0. The molecule has 0 saturated carbocycles. The average Bonchev–Trinajstić information content (AvgIpc) is 2.38. The molecule has 2 rings (SSSR count). The minimum Gasteiger partial charge on any atom is -0.508 e. The maximum absolute atomic E-state index is 11.9. The van der Waals surface area contributed by atoms with Crippen molar-refractivity contribution in [2.45, 2.75) is 0 Å². The van der Waals surface area contributed by atoms with E-state index in [0.29, 0.717) is 5.56 Å². The summed E-state index contributed by atoms with van der Waals surface area (Å²) in [5, 5.41) is 9.15. The molecule has 0 aliphatic carbocycles. The third kappa shape index (κ3) is 3.08. The Hall–Kier alpha value is -1.87. The topological polar surface area (TPSA) is 37.3 Å². The van der Waals surface area contributed by atoms with Crippen LogP contribution in [0.15, 0.2) is 59.1 Å². The molecule has 90 valence electrons. The van der Waals surface area contributed by atoms with Gasteiger partial charge in [-0.2, -0.15) is 0 Å². The van der Waals surface area contributed by atoms with Crippen molar-refractivity contribution >= 4 is 27.8 Å². The van der Waals surface area contributed by atoms with E-state index in [1.807, 2.05) is 18.2 Å². The van der Waals surface area contributed by atoms with Crippen LogP contribution in [0.3, 0.4) is 0 Å². The van der Waals surface area contributed by atoms with Gasteiger partial charge in [-0.3, -0.25) is 4.79 Å². The Morgan fingerprint density at radius 2 is 1.72 bits per heavy atom. The molecule has 0 aliphatic heterocycles. The number of carbonyl (C=O) groups is 1. The first-order chi connectivity index (χ1) is 8.66. The quantitative estimate of drug-likeness (QED) is 0.686. The Morgan fingerprint density at radius 3 is 2.39 bits per heavy atom. The van der Waals surface area contributed by atoms with Crippen LogP contribution in [0, 0.1) is 0 Å². The van der Waals surface area contributed by atoms with Gasteiger partial charge in [0.2, 0.25) is 0 Å². The smallest absolute Gasteiger partial charge is 0.186 e. The predicted molar refractivity (Wildman–Crippen MR) is 75.6 cm³/mol. The van der Waals surface area contributed by atoms with E-state index < -0.39 is 0 Å². The summed E-state index contributed by atoms with van der Waals surface area (Å²) >= 11 is 3.34. The largest absolute Gasteiger partial charge is 0.508 e. The van der Waals surface area contributed by atoms with Gasteiger partial charge in [-0.25, -0.2) is 0 Å². The molecule has 0 aliphatic rings. The summed E-state index contributed by atoms with van der Waals surface area (Å²) in [5.74, 6) is 0.153. The first-order valence-corrected chi connectivity index (χ1v) is 6.22. The van der Waals surface area contributed by atoms with E-state index in [4.69, 9.17) is 5.11 Å². The predicted octanol–water partition coefficient (Wildman–Crippen LogP) is 4.05. The van der Waals surface area contributed by atoms with Crippen molar-refractivity contribution in [2.24, 2.45) is 0 Å². The molecular weight excluding hydrogens is 292 g/mol. The van der Waals surface area contributed by atoms with Crippen LogP contribution in [-0.4, -0.2) is 10.9 Å². The summed E-state index contributed by atoms with van der Waals surface area (Å²) in [5.41, 5.74) is 1.50. The molecule has 0 heterocycles. The van der Waals surface area contributed by atoms with Gasteiger partial charge in [0.1, 0.15) is 5.75 Å². The van der Waals surface area contributed by atoms with Crippen LogP contribution in [0.2, 0.25) is 0 Å². The van der Waals surface area contributed by atoms with E-state index in [1.54, 1.807) is 36.4 Å². The van der Waals surface area contributed by atoms with Gasteiger partial charge in [0.15, 0.2) is 5.78 Å². The number of aromatic hydroxyl groups is 1. The zero-order valence-electron chi connectivity index (χ0n) is 9.51. The fourth-order valence-electron chi connectivity index (χ4n) is 1.51. The first-order valence-electron chi connectivity index (χ1n) is 5.43. The Bertz CT molecular complexity index is 586. The molecule has 3 heteroatoms. The third-order valence-corrected chi connectivity index (χ3v) is 3.15. The van der Waals surface area contributed by atoms with Crippen LogP contribution < -0.4 is 0 Å². The maximum atomic E-state index is 11.9. The number of rotatable bonds is 3. The lowest BCUT2D eigenvalue weighted by atomic mass is 10.1. The Balaban J connectivity index is 2.17. The van der Waals surface area contributed by atoms with Crippen LogP contribution in [0.25, 0.3) is 6.08 Å². The lowest BCUT2D eigenvalue weighted by molar-refractivity contribution is 0.104. The molecule has 0 fully saturated rings. The van der Waals surface area contributed by atoms with Gasteiger partial charge >= 0.3 is 0 Å².